The molecule has 2 N–H and O–H groups in total. The smallest absolute Gasteiger partial charge is 0.307 e. The Morgan fingerprint density at radius 3 is 2.19 bits per heavy atom. The van der Waals surface area contributed by atoms with Crippen LogP contribution in [0, 0.1) is 5.92 Å². The molecule has 4 atom stereocenters. The van der Waals surface area contributed by atoms with E-state index in [9.17, 15) is 9.90 Å². The Hall–Kier alpha value is -0.610. The summed E-state index contributed by atoms with van der Waals surface area (Å²) >= 11 is 0. The van der Waals surface area contributed by atoms with E-state index in [-0.39, 0.29) is 18.1 Å². The summed E-state index contributed by atoms with van der Waals surface area (Å²) < 4.78 is 0. The van der Waals surface area contributed by atoms with E-state index < -0.39 is 5.97 Å². The molecule has 92 valence electrons. The van der Waals surface area contributed by atoms with E-state index >= 15 is 0 Å². The molecule has 0 aromatic heterocycles. The van der Waals surface area contributed by atoms with Gasteiger partial charge in [-0.2, -0.15) is 0 Å². The number of rotatable bonds is 3. The first kappa shape index (κ1) is 11.9. The Bertz CT molecular complexity index is 267. The summed E-state index contributed by atoms with van der Waals surface area (Å²) in [5.74, 6) is -1.06. The highest BCUT2D eigenvalue weighted by atomic mass is 16.4. The van der Waals surface area contributed by atoms with Gasteiger partial charge < -0.3 is 10.2 Å². The molecule has 2 rings (SSSR count). The Kier molecular flexibility index (Phi) is 3.22. The average Bonchev–Trinajstić information content (AvgIpc) is 2.49. The number of hydrogen-bond acceptors (Lipinski definition) is 3. The molecule has 0 saturated carbocycles. The summed E-state index contributed by atoms with van der Waals surface area (Å²) in [6.07, 6.45) is 3.66. The first-order chi connectivity index (χ1) is 7.50. The zero-order valence-corrected chi connectivity index (χ0v) is 9.97. The van der Waals surface area contributed by atoms with E-state index in [0.717, 1.165) is 25.7 Å². The van der Waals surface area contributed by atoms with Gasteiger partial charge >= 0.3 is 5.97 Å². The number of hydrogen-bond donors (Lipinski definition) is 2. The molecule has 0 spiro atoms. The predicted molar refractivity (Wildman–Crippen MR) is 60.2 cm³/mol. The Labute approximate surface area is 96.3 Å². The second-order valence-corrected chi connectivity index (χ2v) is 5.32. The van der Waals surface area contributed by atoms with Crippen molar-refractivity contribution in [3.63, 3.8) is 0 Å². The van der Waals surface area contributed by atoms with E-state index in [4.69, 9.17) is 5.11 Å². The summed E-state index contributed by atoms with van der Waals surface area (Å²) in [4.78, 5) is 13.3. The van der Waals surface area contributed by atoms with Crippen molar-refractivity contribution in [2.24, 2.45) is 5.92 Å². The maximum Gasteiger partial charge on any atom is 0.307 e. The van der Waals surface area contributed by atoms with E-state index in [1.807, 2.05) is 6.92 Å². The molecule has 0 radical (unpaired) electrons. The predicted octanol–water partition coefficient (Wildman–Crippen LogP) is 1.08. The van der Waals surface area contributed by atoms with Crippen molar-refractivity contribution in [2.45, 2.75) is 63.8 Å². The molecule has 0 aromatic rings. The van der Waals surface area contributed by atoms with Crippen LogP contribution < -0.4 is 0 Å². The van der Waals surface area contributed by atoms with Crippen molar-refractivity contribution in [3.8, 4) is 0 Å². The van der Waals surface area contributed by atoms with Crippen LogP contribution in [0.2, 0.25) is 0 Å². The highest BCUT2D eigenvalue weighted by molar-refractivity contribution is 5.70. The monoisotopic (exact) mass is 227 g/mol. The van der Waals surface area contributed by atoms with Gasteiger partial charge in [0.1, 0.15) is 0 Å². The maximum atomic E-state index is 11.0. The van der Waals surface area contributed by atoms with Gasteiger partial charge in [0.2, 0.25) is 0 Å². The Morgan fingerprint density at radius 2 is 1.75 bits per heavy atom. The van der Waals surface area contributed by atoms with E-state index in [2.05, 4.69) is 4.90 Å². The fraction of sp³-hybridized carbons (Fsp3) is 0.917. The molecule has 4 heteroatoms. The maximum absolute atomic E-state index is 11.0. The number of nitrogens with zero attached hydrogens (tertiary/aromatic N) is 1. The topological polar surface area (TPSA) is 60.8 Å². The minimum Gasteiger partial charge on any atom is -0.481 e. The lowest BCUT2D eigenvalue weighted by Crippen LogP contribution is -2.52. The van der Waals surface area contributed by atoms with Crippen molar-refractivity contribution in [1.29, 1.82) is 0 Å². The summed E-state index contributed by atoms with van der Waals surface area (Å²) in [6.45, 7) is 3.78. The van der Waals surface area contributed by atoms with Crippen LogP contribution in [0.15, 0.2) is 0 Å². The van der Waals surface area contributed by atoms with Crippen LogP contribution in [0.1, 0.15) is 39.5 Å². The summed E-state index contributed by atoms with van der Waals surface area (Å²) in [5, 5.41) is 18.7. The van der Waals surface area contributed by atoms with Crippen LogP contribution in [0.4, 0.5) is 0 Å². The van der Waals surface area contributed by atoms with Gasteiger partial charge in [-0.1, -0.05) is 6.92 Å². The molecule has 2 fully saturated rings. The molecule has 2 bridgehead atoms. The average molecular weight is 227 g/mol. The van der Waals surface area contributed by atoms with Crippen LogP contribution in [0.25, 0.3) is 0 Å². The van der Waals surface area contributed by atoms with Gasteiger partial charge in [-0.25, -0.2) is 0 Å². The molecule has 0 aromatic carbocycles. The van der Waals surface area contributed by atoms with Gasteiger partial charge in [0.25, 0.3) is 0 Å². The fourth-order valence-electron chi connectivity index (χ4n) is 3.31. The largest absolute Gasteiger partial charge is 0.481 e. The molecular formula is C12H21NO3. The zero-order valence-electron chi connectivity index (χ0n) is 9.97. The molecule has 2 aliphatic rings. The van der Waals surface area contributed by atoms with Gasteiger partial charge in [-0.15, -0.1) is 0 Å². The Balaban J connectivity index is 2.08. The van der Waals surface area contributed by atoms with E-state index in [1.165, 1.54) is 0 Å². The van der Waals surface area contributed by atoms with Gasteiger partial charge in [0.05, 0.1) is 12.0 Å². The number of aliphatic hydroxyl groups excluding tert-OH is 1. The third-order valence-electron chi connectivity index (χ3n) is 4.35. The number of fused-ring (bicyclic) bond motifs is 2. The van der Waals surface area contributed by atoms with Gasteiger partial charge in [0, 0.05) is 18.1 Å². The lowest BCUT2D eigenvalue weighted by atomic mass is 9.93. The summed E-state index contributed by atoms with van der Waals surface area (Å²) in [6, 6.07) is 0.860. The summed E-state index contributed by atoms with van der Waals surface area (Å²) in [5.41, 5.74) is 0. The van der Waals surface area contributed by atoms with Crippen molar-refractivity contribution in [2.75, 3.05) is 0 Å². The summed E-state index contributed by atoms with van der Waals surface area (Å²) in [7, 11) is 0. The molecule has 4 unspecified atom stereocenters. The molecule has 0 amide bonds. The Morgan fingerprint density at radius 1 is 1.25 bits per heavy atom. The number of aliphatic hydroxyl groups is 1. The third kappa shape index (κ3) is 1.96. The highest BCUT2D eigenvalue weighted by Gasteiger charge is 2.44. The third-order valence-corrected chi connectivity index (χ3v) is 4.35. The number of carboxylic acids is 1. The van der Waals surface area contributed by atoms with Gasteiger partial charge in [-0.3, -0.25) is 9.69 Å². The normalized spacial score (nSPS) is 38.3. The van der Waals surface area contributed by atoms with Crippen molar-refractivity contribution >= 4 is 5.97 Å². The van der Waals surface area contributed by atoms with Gasteiger partial charge in [0.15, 0.2) is 0 Å². The van der Waals surface area contributed by atoms with Crippen molar-refractivity contribution in [1.82, 2.24) is 4.90 Å². The van der Waals surface area contributed by atoms with Crippen molar-refractivity contribution < 1.29 is 15.0 Å². The van der Waals surface area contributed by atoms with E-state index in [0.29, 0.717) is 12.1 Å². The SMILES string of the molecule is CC(C(=O)O)C(C)N1C2CCC1CC(O)C2. The number of carbonyl (C=O) groups is 1. The number of aliphatic carboxylic acids is 1. The first-order valence-electron chi connectivity index (χ1n) is 6.19. The zero-order chi connectivity index (χ0) is 11.9. The molecule has 2 saturated heterocycles. The van der Waals surface area contributed by atoms with Crippen LogP contribution in [-0.4, -0.2) is 45.3 Å². The van der Waals surface area contributed by atoms with Crippen LogP contribution >= 0.6 is 0 Å². The second-order valence-electron chi connectivity index (χ2n) is 5.32. The minimum atomic E-state index is -0.724. The standard InChI is InChI=1S/C12H21NO3/c1-7(12(15)16)8(2)13-9-3-4-10(13)6-11(14)5-9/h7-11,14H,3-6H2,1-2H3,(H,15,16). The molecule has 2 aliphatic heterocycles. The van der Waals surface area contributed by atoms with Crippen LogP contribution in [0.5, 0.6) is 0 Å². The van der Waals surface area contributed by atoms with E-state index in [1.54, 1.807) is 6.92 Å². The van der Waals surface area contributed by atoms with Crippen LogP contribution in [-0.2, 0) is 4.79 Å². The lowest BCUT2D eigenvalue weighted by molar-refractivity contribution is -0.144. The van der Waals surface area contributed by atoms with Crippen molar-refractivity contribution in [3.05, 3.63) is 0 Å². The lowest BCUT2D eigenvalue weighted by Gasteiger charge is -2.42. The minimum absolute atomic E-state index is 0.0718. The second kappa shape index (κ2) is 4.34. The highest BCUT2D eigenvalue weighted by Crippen LogP contribution is 2.38. The number of carboxylic acid groups (broad SMARTS) is 1. The molecule has 16 heavy (non-hydrogen) atoms. The first-order valence-corrected chi connectivity index (χ1v) is 6.19. The quantitative estimate of drug-likeness (QED) is 0.757. The molecule has 0 aliphatic carbocycles. The number of piperidine rings is 1. The molecule has 2 heterocycles. The molecule has 4 nitrogen and oxygen atoms in total. The van der Waals surface area contributed by atoms with Crippen LogP contribution in [0.3, 0.4) is 0 Å². The fourth-order valence-corrected chi connectivity index (χ4v) is 3.31. The molecular weight excluding hydrogens is 206 g/mol. The van der Waals surface area contributed by atoms with Gasteiger partial charge in [-0.05, 0) is 32.6 Å².